The van der Waals surface area contributed by atoms with Gasteiger partial charge >= 0.3 is 0 Å². The van der Waals surface area contributed by atoms with Crippen molar-refractivity contribution in [3.8, 4) is 6.07 Å². The van der Waals surface area contributed by atoms with E-state index in [4.69, 9.17) is 5.26 Å². The van der Waals surface area contributed by atoms with Crippen LogP contribution in [-0.2, 0) is 4.79 Å². The highest BCUT2D eigenvalue weighted by atomic mass is 16.1. The third kappa shape index (κ3) is 3.47. The Morgan fingerprint density at radius 3 is 2.61 bits per heavy atom. The molecule has 1 aliphatic carbocycles. The molecule has 2 N–H and O–H groups in total. The van der Waals surface area contributed by atoms with Crippen molar-refractivity contribution in [2.75, 3.05) is 26.2 Å². The summed E-state index contributed by atoms with van der Waals surface area (Å²) in [6.07, 6.45) is 6.13. The number of rotatable bonds is 3. The van der Waals surface area contributed by atoms with E-state index in [0.717, 1.165) is 39.0 Å². The molecular formula is C13H20N4O. The van der Waals surface area contributed by atoms with Gasteiger partial charge in [-0.25, -0.2) is 0 Å². The molecule has 0 bridgehead atoms. The summed E-state index contributed by atoms with van der Waals surface area (Å²) in [4.78, 5) is 14.0. The van der Waals surface area contributed by atoms with E-state index < -0.39 is 0 Å². The normalized spacial score (nSPS) is 21.7. The van der Waals surface area contributed by atoms with Crippen LogP contribution >= 0.6 is 0 Å². The molecule has 1 saturated heterocycles. The Morgan fingerprint density at radius 2 is 2.00 bits per heavy atom. The maximum atomic E-state index is 12.0. The topological polar surface area (TPSA) is 68.2 Å². The molecule has 1 aliphatic heterocycles. The molecule has 0 radical (unpaired) electrons. The molecule has 98 valence electrons. The number of nitrogens with zero attached hydrogens (tertiary/aromatic N) is 2. The third-order valence-electron chi connectivity index (χ3n) is 3.52. The van der Waals surface area contributed by atoms with Gasteiger partial charge in [0.25, 0.3) is 5.91 Å². The van der Waals surface area contributed by atoms with Crippen LogP contribution in [-0.4, -0.2) is 43.0 Å². The molecule has 2 fully saturated rings. The van der Waals surface area contributed by atoms with Crippen LogP contribution in [0.1, 0.15) is 25.7 Å². The fourth-order valence-corrected chi connectivity index (χ4v) is 2.47. The van der Waals surface area contributed by atoms with Gasteiger partial charge in [-0.2, -0.15) is 5.26 Å². The molecule has 0 aromatic heterocycles. The van der Waals surface area contributed by atoms with Crippen LogP contribution in [0.4, 0.5) is 0 Å². The minimum atomic E-state index is -0.220. The largest absolute Gasteiger partial charge is 0.374 e. The first-order chi connectivity index (χ1) is 8.79. The molecule has 0 unspecified atom stereocenters. The van der Waals surface area contributed by atoms with E-state index in [2.05, 4.69) is 10.6 Å². The molecular weight excluding hydrogens is 228 g/mol. The standard InChI is InChI=1S/C13H20N4O/c14-9-11(10-17-7-5-15-6-8-17)13(18)16-12-3-1-2-4-12/h10,12,15H,1-8H2,(H,16,18)/b11-10-. The number of carbonyl (C=O) groups is 1. The first-order valence-electron chi connectivity index (χ1n) is 6.67. The summed E-state index contributed by atoms with van der Waals surface area (Å²) in [5, 5.41) is 15.3. The minimum Gasteiger partial charge on any atom is -0.374 e. The van der Waals surface area contributed by atoms with Gasteiger partial charge in [0.2, 0.25) is 0 Å². The van der Waals surface area contributed by atoms with Crippen molar-refractivity contribution in [3.05, 3.63) is 11.8 Å². The summed E-state index contributed by atoms with van der Waals surface area (Å²) >= 11 is 0. The van der Waals surface area contributed by atoms with Crippen LogP contribution < -0.4 is 10.6 Å². The Hall–Kier alpha value is -1.54. The highest BCUT2D eigenvalue weighted by Crippen LogP contribution is 2.18. The molecule has 0 aromatic carbocycles. The molecule has 2 aliphatic rings. The van der Waals surface area contributed by atoms with Gasteiger partial charge in [0.05, 0.1) is 0 Å². The number of hydrogen-bond acceptors (Lipinski definition) is 4. The predicted octanol–water partition coefficient (Wildman–Crippen LogP) is 0.358. The van der Waals surface area contributed by atoms with Crippen LogP contribution in [0.2, 0.25) is 0 Å². The predicted molar refractivity (Wildman–Crippen MR) is 68.5 cm³/mol. The molecule has 1 saturated carbocycles. The van der Waals surface area contributed by atoms with E-state index in [1.807, 2.05) is 11.0 Å². The minimum absolute atomic E-state index is 0.220. The molecule has 18 heavy (non-hydrogen) atoms. The first-order valence-corrected chi connectivity index (χ1v) is 6.67. The van der Waals surface area contributed by atoms with Crippen molar-refractivity contribution in [1.29, 1.82) is 5.26 Å². The van der Waals surface area contributed by atoms with Crippen molar-refractivity contribution in [1.82, 2.24) is 15.5 Å². The van der Waals surface area contributed by atoms with Gasteiger partial charge in [-0.1, -0.05) is 12.8 Å². The summed E-state index contributed by atoms with van der Waals surface area (Å²) in [6, 6.07) is 2.27. The number of carbonyl (C=O) groups excluding carboxylic acids is 1. The number of nitrogens with one attached hydrogen (secondary N) is 2. The highest BCUT2D eigenvalue weighted by Gasteiger charge is 2.20. The lowest BCUT2D eigenvalue weighted by Gasteiger charge is -2.26. The van der Waals surface area contributed by atoms with Crippen molar-refractivity contribution < 1.29 is 4.79 Å². The molecule has 5 nitrogen and oxygen atoms in total. The molecule has 2 rings (SSSR count). The fourth-order valence-electron chi connectivity index (χ4n) is 2.47. The molecule has 0 aromatic rings. The molecule has 1 heterocycles. The van der Waals surface area contributed by atoms with E-state index in [0.29, 0.717) is 0 Å². The number of amides is 1. The number of hydrogen-bond donors (Lipinski definition) is 2. The Morgan fingerprint density at radius 1 is 1.33 bits per heavy atom. The third-order valence-corrected chi connectivity index (χ3v) is 3.52. The Bertz CT molecular complexity index is 360. The maximum absolute atomic E-state index is 12.0. The molecule has 5 heteroatoms. The van der Waals surface area contributed by atoms with Gasteiger partial charge in [-0.05, 0) is 12.8 Å². The van der Waals surface area contributed by atoms with Gasteiger partial charge in [-0.3, -0.25) is 4.79 Å². The van der Waals surface area contributed by atoms with E-state index >= 15 is 0 Å². The van der Waals surface area contributed by atoms with Gasteiger partial charge in [0.1, 0.15) is 11.6 Å². The Balaban J connectivity index is 1.91. The van der Waals surface area contributed by atoms with Gasteiger partial charge in [0.15, 0.2) is 0 Å². The van der Waals surface area contributed by atoms with Gasteiger partial charge < -0.3 is 15.5 Å². The Kier molecular flexibility index (Phi) is 4.59. The van der Waals surface area contributed by atoms with Crippen molar-refractivity contribution in [2.45, 2.75) is 31.7 Å². The molecule has 0 atom stereocenters. The monoisotopic (exact) mass is 248 g/mol. The van der Waals surface area contributed by atoms with Crippen molar-refractivity contribution in [3.63, 3.8) is 0 Å². The second-order valence-electron chi connectivity index (χ2n) is 4.90. The number of nitriles is 1. The van der Waals surface area contributed by atoms with Crippen LogP contribution in [0.3, 0.4) is 0 Å². The van der Waals surface area contributed by atoms with Crippen LogP contribution in [0, 0.1) is 11.3 Å². The zero-order valence-corrected chi connectivity index (χ0v) is 10.6. The van der Waals surface area contributed by atoms with Gasteiger partial charge in [0, 0.05) is 38.4 Å². The lowest BCUT2D eigenvalue weighted by Crippen LogP contribution is -2.41. The zero-order valence-electron chi connectivity index (χ0n) is 10.6. The molecule has 0 spiro atoms. The second-order valence-corrected chi connectivity index (χ2v) is 4.90. The average molecular weight is 248 g/mol. The summed E-state index contributed by atoms with van der Waals surface area (Å²) in [7, 11) is 0. The summed E-state index contributed by atoms with van der Waals surface area (Å²) in [5.41, 5.74) is 0.226. The van der Waals surface area contributed by atoms with E-state index in [1.165, 1.54) is 12.8 Å². The highest BCUT2D eigenvalue weighted by molar-refractivity contribution is 5.97. The fraction of sp³-hybridized carbons (Fsp3) is 0.692. The summed E-state index contributed by atoms with van der Waals surface area (Å²) in [6.45, 7) is 3.50. The first kappa shape index (κ1) is 12.9. The maximum Gasteiger partial charge on any atom is 0.263 e. The van der Waals surface area contributed by atoms with Crippen molar-refractivity contribution in [2.24, 2.45) is 0 Å². The smallest absolute Gasteiger partial charge is 0.263 e. The average Bonchev–Trinajstić information content (AvgIpc) is 2.90. The van der Waals surface area contributed by atoms with Crippen molar-refractivity contribution >= 4 is 5.91 Å². The summed E-state index contributed by atoms with van der Waals surface area (Å²) in [5.74, 6) is -0.220. The van der Waals surface area contributed by atoms with Gasteiger partial charge in [-0.15, -0.1) is 0 Å². The van der Waals surface area contributed by atoms with Crippen LogP contribution in [0.5, 0.6) is 0 Å². The number of piperazine rings is 1. The summed E-state index contributed by atoms with van der Waals surface area (Å²) < 4.78 is 0. The zero-order chi connectivity index (χ0) is 12.8. The quantitative estimate of drug-likeness (QED) is 0.559. The SMILES string of the molecule is N#C/C(=C/N1CCNCC1)C(=O)NC1CCCC1. The lowest BCUT2D eigenvalue weighted by atomic mass is 10.2. The second kappa shape index (κ2) is 6.41. The van der Waals surface area contributed by atoms with E-state index in [-0.39, 0.29) is 17.5 Å². The van der Waals surface area contributed by atoms with E-state index in [1.54, 1.807) is 6.20 Å². The Labute approximate surface area is 108 Å². The molecule has 1 amide bonds. The van der Waals surface area contributed by atoms with Crippen LogP contribution in [0.15, 0.2) is 11.8 Å². The van der Waals surface area contributed by atoms with E-state index in [9.17, 15) is 4.79 Å². The lowest BCUT2D eigenvalue weighted by molar-refractivity contribution is -0.117. The van der Waals surface area contributed by atoms with Crippen LogP contribution in [0.25, 0.3) is 0 Å².